The fraction of sp³-hybridized carbons (Fsp3) is 0.818. The van der Waals surface area contributed by atoms with Crippen LogP contribution in [0.1, 0.15) is 136 Å². The zero-order chi connectivity index (χ0) is 25.3. The maximum absolute atomic E-state index is 6.27. The highest BCUT2D eigenvalue weighted by Gasteiger charge is 2.30. The molecule has 2 fully saturated rings. The highest BCUT2D eigenvalue weighted by molar-refractivity contribution is 7.80. The fourth-order valence-electron chi connectivity index (χ4n) is 6.47. The van der Waals surface area contributed by atoms with E-state index in [4.69, 9.17) is 4.74 Å². The maximum atomic E-state index is 6.27. The molecule has 0 aliphatic heterocycles. The lowest BCUT2D eigenvalue weighted by molar-refractivity contribution is 0.143. The van der Waals surface area contributed by atoms with E-state index in [1.54, 1.807) is 0 Å². The molecular weight excluding hydrogens is 444 g/mol. The van der Waals surface area contributed by atoms with E-state index in [1.807, 2.05) is 0 Å². The molecule has 2 heteroatoms. The zero-order valence-electron chi connectivity index (χ0n) is 23.7. The van der Waals surface area contributed by atoms with Crippen molar-refractivity contribution >= 4 is 12.6 Å². The van der Waals surface area contributed by atoms with Crippen molar-refractivity contribution in [3.05, 3.63) is 35.6 Å². The van der Waals surface area contributed by atoms with E-state index in [1.165, 1.54) is 115 Å². The second-order valence-corrected chi connectivity index (χ2v) is 12.3. The molecule has 0 saturated heterocycles. The minimum atomic E-state index is 0.636. The first-order valence-electron chi connectivity index (χ1n) is 15.3. The van der Waals surface area contributed by atoms with Gasteiger partial charge in [0, 0.05) is 0 Å². The summed E-state index contributed by atoms with van der Waals surface area (Å²) < 4.78 is 6.27. The molecule has 1 nitrogen and oxygen atoms in total. The number of allylic oxidation sites excluding steroid dienone is 3. The zero-order valence-corrected chi connectivity index (χ0v) is 24.6. The molecular formula is C33H58OS. The van der Waals surface area contributed by atoms with Crippen molar-refractivity contribution in [2.24, 2.45) is 23.7 Å². The molecule has 2 rings (SSSR count). The van der Waals surface area contributed by atoms with E-state index >= 15 is 0 Å². The summed E-state index contributed by atoms with van der Waals surface area (Å²) in [5.41, 5.74) is 2.49. The molecule has 0 bridgehead atoms. The van der Waals surface area contributed by atoms with Gasteiger partial charge in [-0.25, -0.2) is 0 Å². The molecule has 202 valence electrons. The average molecular weight is 503 g/mol. The summed E-state index contributed by atoms with van der Waals surface area (Å²) in [6.45, 7) is 11.2. The normalized spacial score (nSPS) is 26.1. The first-order valence-corrected chi connectivity index (χ1v) is 15.9. The van der Waals surface area contributed by atoms with Crippen molar-refractivity contribution in [2.45, 2.75) is 136 Å². The topological polar surface area (TPSA) is 9.23 Å². The average Bonchev–Trinajstić information content (AvgIpc) is 2.87. The number of rotatable bonds is 17. The first kappa shape index (κ1) is 30.6. The van der Waals surface area contributed by atoms with Crippen LogP contribution in [0.3, 0.4) is 0 Å². The van der Waals surface area contributed by atoms with Gasteiger partial charge in [-0.15, -0.1) is 0 Å². The molecule has 0 aromatic rings. The molecule has 2 aliphatic carbocycles. The Morgan fingerprint density at radius 3 is 2.06 bits per heavy atom. The summed E-state index contributed by atoms with van der Waals surface area (Å²) in [5, 5.41) is 0. The summed E-state index contributed by atoms with van der Waals surface area (Å²) in [7, 11) is 0. The third kappa shape index (κ3) is 12.4. The Balaban J connectivity index is 1.78. The predicted octanol–water partition coefficient (Wildman–Crippen LogP) is 10.9. The Labute approximate surface area is 225 Å². The summed E-state index contributed by atoms with van der Waals surface area (Å²) in [4.78, 5) is 0. The predicted molar refractivity (Wildman–Crippen MR) is 159 cm³/mol. The quantitative estimate of drug-likeness (QED) is 0.0684. The number of ether oxygens (including phenoxy) is 1. The highest BCUT2D eigenvalue weighted by atomic mass is 32.1. The van der Waals surface area contributed by atoms with Crippen LogP contribution in [-0.2, 0) is 4.74 Å². The van der Waals surface area contributed by atoms with Crippen molar-refractivity contribution in [3.8, 4) is 0 Å². The van der Waals surface area contributed by atoms with E-state index in [9.17, 15) is 0 Å². The van der Waals surface area contributed by atoms with Crippen molar-refractivity contribution in [1.29, 1.82) is 0 Å². The number of thiol groups is 1. The number of unbranched alkanes of at least 4 members (excludes halogenated alkanes) is 5. The van der Waals surface area contributed by atoms with Crippen LogP contribution < -0.4 is 0 Å². The van der Waals surface area contributed by atoms with Crippen LogP contribution >= 0.6 is 12.6 Å². The minimum Gasteiger partial charge on any atom is -0.489 e. The maximum Gasteiger partial charge on any atom is 0.118 e. The van der Waals surface area contributed by atoms with Gasteiger partial charge in [0.15, 0.2) is 0 Å². The molecule has 0 atom stereocenters. The Bertz CT molecular complexity index is 617. The molecule has 0 heterocycles. The number of hydrogen-bond donors (Lipinski definition) is 1. The third-order valence-electron chi connectivity index (χ3n) is 8.80. The van der Waals surface area contributed by atoms with Gasteiger partial charge in [-0.05, 0) is 125 Å². The van der Waals surface area contributed by atoms with E-state index < -0.39 is 0 Å². The van der Waals surface area contributed by atoms with Crippen LogP contribution in [0, 0.1) is 23.7 Å². The van der Waals surface area contributed by atoms with Gasteiger partial charge in [0.2, 0.25) is 0 Å². The summed E-state index contributed by atoms with van der Waals surface area (Å²) >= 11 is 4.34. The van der Waals surface area contributed by atoms with Gasteiger partial charge in [-0.1, -0.05) is 70.9 Å². The molecule has 0 amide bonds. The van der Waals surface area contributed by atoms with Gasteiger partial charge in [-0.2, -0.15) is 12.6 Å². The van der Waals surface area contributed by atoms with Gasteiger partial charge >= 0.3 is 0 Å². The van der Waals surface area contributed by atoms with Gasteiger partial charge in [0.1, 0.15) is 12.4 Å². The van der Waals surface area contributed by atoms with E-state index in [0.29, 0.717) is 6.61 Å². The SMILES string of the molecule is C=C(C)COC(=C/CC1CCC(C2CCC(CCCCC)CC2)CC1)/C(=C\C)CCCCCCS. The Hall–Kier alpha value is -0.630. The van der Waals surface area contributed by atoms with Gasteiger partial charge in [0.25, 0.3) is 0 Å². The lowest BCUT2D eigenvalue weighted by atomic mass is 9.68. The van der Waals surface area contributed by atoms with E-state index in [-0.39, 0.29) is 0 Å². The Kier molecular flexibility index (Phi) is 16.2. The Morgan fingerprint density at radius 2 is 1.49 bits per heavy atom. The van der Waals surface area contributed by atoms with E-state index in [0.717, 1.165) is 47.2 Å². The van der Waals surface area contributed by atoms with Crippen LogP contribution in [0.15, 0.2) is 35.6 Å². The first-order chi connectivity index (χ1) is 17.1. The van der Waals surface area contributed by atoms with Crippen molar-refractivity contribution < 1.29 is 4.74 Å². The van der Waals surface area contributed by atoms with Crippen LogP contribution in [0.25, 0.3) is 0 Å². The van der Waals surface area contributed by atoms with Crippen LogP contribution in [0.4, 0.5) is 0 Å². The summed E-state index contributed by atoms with van der Waals surface area (Å²) in [5.74, 6) is 6.06. The standard InChI is InChI=1S/C33H58OS/c1-5-7-10-13-28-15-20-31(21-16-28)32-22-17-29(18-23-32)19-24-33(34-26-27(3)4)30(6-2)14-11-8-9-12-25-35/h6,24,28-29,31-32,35H,3,5,7-23,25-26H2,1-2,4H3/b30-6-,33-24+. The molecule has 0 N–H and O–H groups in total. The molecule has 0 radical (unpaired) electrons. The molecule has 0 spiro atoms. The second-order valence-electron chi connectivity index (χ2n) is 11.8. The molecule has 35 heavy (non-hydrogen) atoms. The third-order valence-corrected chi connectivity index (χ3v) is 9.11. The van der Waals surface area contributed by atoms with E-state index in [2.05, 4.69) is 52.1 Å². The second kappa shape index (κ2) is 18.6. The smallest absolute Gasteiger partial charge is 0.118 e. The minimum absolute atomic E-state index is 0.636. The molecule has 0 aromatic heterocycles. The lowest BCUT2D eigenvalue weighted by Crippen LogP contribution is -2.25. The summed E-state index contributed by atoms with van der Waals surface area (Å²) in [6.07, 6.45) is 29.6. The van der Waals surface area contributed by atoms with Gasteiger partial charge in [0.05, 0.1) is 0 Å². The van der Waals surface area contributed by atoms with Crippen molar-refractivity contribution in [1.82, 2.24) is 0 Å². The van der Waals surface area contributed by atoms with Crippen molar-refractivity contribution in [2.75, 3.05) is 12.4 Å². The van der Waals surface area contributed by atoms with Crippen molar-refractivity contribution in [3.63, 3.8) is 0 Å². The monoisotopic (exact) mass is 502 g/mol. The molecule has 2 saturated carbocycles. The van der Waals surface area contributed by atoms with Gasteiger partial charge < -0.3 is 4.74 Å². The molecule has 2 aliphatic rings. The van der Waals surface area contributed by atoms with Crippen LogP contribution in [0.5, 0.6) is 0 Å². The van der Waals surface area contributed by atoms with Crippen LogP contribution in [0.2, 0.25) is 0 Å². The van der Waals surface area contributed by atoms with Gasteiger partial charge in [-0.3, -0.25) is 0 Å². The molecule has 0 unspecified atom stereocenters. The highest BCUT2D eigenvalue weighted by Crippen LogP contribution is 2.43. The molecule has 0 aromatic carbocycles. The number of hydrogen-bond acceptors (Lipinski definition) is 2. The summed E-state index contributed by atoms with van der Waals surface area (Å²) in [6, 6.07) is 0. The van der Waals surface area contributed by atoms with Crippen LogP contribution in [-0.4, -0.2) is 12.4 Å². The largest absolute Gasteiger partial charge is 0.489 e. The fourth-order valence-corrected chi connectivity index (χ4v) is 6.70. The Morgan fingerprint density at radius 1 is 0.857 bits per heavy atom. The lowest BCUT2D eigenvalue weighted by Gasteiger charge is -2.38.